The number of carbonyl (C=O) groups is 1. The Morgan fingerprint density at radius 1 is 1.00 bits per heavy atom. The first kappa shape index (κ1) is 15.2. The first-order valence-corrected chi connectivity index (χ1v) is 7.96. The summed E-state index contributed by atoms with van der Waals surface area (Å²) in [5.41, 5.74) is 2.70. The van der Waals surface area contributed by atoms with E-state index in [2.05, 4.69) is 17.1 Å². The number of carbonyl (C=O) groups excluding carboxylic acids is 1. The number of para-hydroxylation sites is 1. The van der Waals surface area contributed by atoms with Crippen LogP contribution in [0.15, 0.2) is 66.9 Å². The summed E-state index contributed by atoms with van der Waals surface area (Å²) in [7, 11) is 0. The maximum absolute atomic E-state index is 12.9. The Bertz CT molecular complexity index is 794. The summed E-state index contributed by atoms with van der Waals surface area (Å²) in [6.45, 7) is 3.42. The number of hydrogen-bond acceptors (Lipinski definition) is 2. The number of hydrogen-bond donors (Lipinski definition) is 0. The lowest BCUT2D eigenvalue weighted by atomic mass is 10.1. The van der Waals surface area contributed by atoms with Crippen LogP contribution in [0.5, 0.6) is 0 Å². The molecule has 1 aromatic heterocycles. The molecule has 1 heterocycles. The summed E-state index contributed by atoms with van der Waals surface area (Å²) in [6, 6.07) is 19.9. The van der Waals surface area contributed by atoms with Crippen molar-refractivity contribution in [3.8, 4) is 0 Å². The zero-order chi connectivity index (χ0) is 16.1. The molecule has 0 N–H and O–H groups in total. The van der Waals surface area contributed by atoms with Gasteiger partial charge in [0, 0.05) is 24.7 Å². The summed E-state index contributed by atoms with van der Waals surface area (Å²) >= 11 is 0. The second-order valence-electron chi connectivity index (χ2n) is 5.50. The lowest BCUT2D eigenvalue weighted by Crippen LogP contribution is -2.33. The molecule has 0 unspecified atom stereocenters. The second kappa shape index (κ2) is 7.05. The fourth-order valence-electron chi connectivity index (χ4n) is 2.76. The summed E-state index contributed by atoms with van der Waals surface area (Å²) in [5.74, 6) is 0.0488. The third-order valence-corrected chi connectivity index (χ3v) is 4.05. The van der Waals surface area contributed by atoms with Crippen LogP contribution in [0.4, 0.5) is 0 Å². The van der Waals surface area contributed by atoms with Gasteiger partial charge >= 0.3 is 0 Å². The van der Waals surface area contributed by atoms with Gasteiger partial charge in [-0.25, -0.2) is 0 Å². The van der Waals surface area contributed by atoms with E-state index in [9.17, 15) is 4.79 Å². The maximum atomic E-state index is 12.9. The van der Waals surface area contributed by atoms with Crippen molar-refractivity contribution in [2.45, 2.75) is 13.3 Å². The second-order valence-corrected chi connectivity index (χ2v) is 5.50. The molecule has 1 amide bonds. The maximum Gasteiger partial charge on any atom is 0.256 e. The Balaban J connectivity index is 1.81. The number of likely N-dealkylation sites (N-methyl/N-ethyl adjacent to an activating group) is 1. The molecule has 0 bridgehead atoms. The topological polar surface area (TPSA) is 33.2 Å². The third kappa shape index (κ3) is 3.39. The van der Waals surface area contributed by atoms with E-state index in [0.717, 1.165) is 17.3 Å². The van der Waals surface area contributed by atoms with Gasteiger partial charge in [0.15, 0.2) is 0 Å². The number of aromatic nitrogens is 1. The van der Waals surface area contributed by atoms with E-state index in [1.165, 1.54) is 5.56 Å². The molecule has 0 saturated heterocycles. The number of rotatable bonds is 5. The number of amides is 1. The standard InChI is InChI=1S/C20H20N2O/c1-2-22(15-13-16-8-4-3-5-9-16)20(23)18-12-6-10-17-11-7-14-21-19(17)18/h3-12,14H,2,13,15H2,1H3. The average molecular weight is 304 g/mol. The number of fused-ring (bicyclic) bond motifs is 1. The quantitative estimate of drug-likeness (QED) is 0.715. The van der Waals surface area contributed by atoms with Gasteiger partial charge in [0.05, 0.1) is 11.1 Å². The monoisotopic (exact) mass is 304 g/mol. The van der Waals surface area contributed by atoms with Crippen LogP contribution in [-0.2, 0) is 6.42 Å². The van der Waals surface area contributed by atoms with Crippen molar-refractivity contribution < 1.29 is 4.79 Å². The summed E-state index contributed by atoms with van der Waals surface area (Å²) in [6.07, 6.45) is 2.60. The van der Waals surface area contributed by atoms with E-state index in [0.29, 0.717) is 18.7 Å². The fourth-order valence-corrected chi connectivity index (χ4v) is 2.76. The number of pyridine rings is 1. The lowest BCUT2D eigenvalue weighted by Gasteiger charge is -2.21. The zero-order valence-electron chi connectivity index (χ0n) is 13.3. The molecule has 23 heavy (non-hydrogen) atoms. The van der Waals surface area contributed by atoms with Crippen LogP contribution in [-0.4, -0.2) is 28.9 Å². The minimum Gasteiger partial charge on any atom is -0.339 e. The van der Waals surface area contributed by atoms with Crippen LogP contribution in [0.25, 0.3) is 10.9 Å². The zero-order valence-corrected chi connectivity index (χ0v) is 13.3. The van der Waals surface area contributed by atoms with E-state index >= 15 is 0 Å². The van der Waals surface area contributed by atoms with Crippen LogP contribution in [0.2, 0.25) is 0 Å². The van der Waals surface area contributed by atoms with Gasteiger partial charge in [-0.15, -0.1) is 0 Å². The minimum atomic E-state index is 0.0488. The Labute approximate surface area is 136 Å². The van der Waals surface area contributed by atoms with Gasteiger partial charge in [-0.1, -0.05) is 48.5 Å². The molecular weight excluding hydrogens is 284 g/mol. The first-order valence-electron chi connectivity index (χ1n) is 7.96. The SMILES string of the molecule is CCN(CCc1ccccc1)C(=O)c1cccc2cccnc12. The molecule has 0 aliphatic heterocycles. The van der Waals surface area contributed by atoms with Gasteiger partial charge in [0.1, 0.15) is 0 Å². The molecule has 0 spiro atoms. The molecule has 3 heteroatoms. The fraction of sp³-hybridized carbons (Fsp3) is 0.200. The number of benzene rings is 2. The highest BCUT2D eigenvalue weighted by atomic mass is 16.2. The van der Waals surface area contributed by atoms with Crippen molar-refractivity contribution >= 4 is 16.8 Å². The van der Waals surface area contributed by atoms with Gasteiger partial charge in [-0.2, -0.15) is 0 Å². The molecule has 3 aromatic rings. The van der Waals surface area contributed by atoms with Gasteiger partial charge in [-0.3, -0.25) is 9.78 Å². The highest BCUT2D eigenvalue weighted by Crippen LogP contribution is 2.18. The highest BCUT2D eigenvalue weighted by molar-refractivity contribution is 6.05. The van der Waals surface area contributed by atoms with E-state index in [-0.39, 0.29) is 5.91 Å². The minimum absolute atomic E-state index is 0.0488. The van der Waals surface area contributed by atoms with Crippen LogP contribution in [0, 0.1) is 0 Å². The normalized spacial score (nSPS) is 10.7. The Hall–Kier alpha value is -2.68. The molecule has 0 fully saturated rings. The highest BCUT2D eigenvalue weighted by Gasteiger charge is 2.17. The van der Waals surface area contributed by atoms with Crippen molar-refractivity contribution in [3.63, 3.8) is 0 Å². The van der Waals surface area contributed by atoms with Crippen molar-refractivity contribution in [3.05, 3.63) is 78.0 Å². The average Bonchev–Trinajstić information content (AvgIpc) is 2.62. The van der Waals surface area contributed by atoms with Crippen molar-refractivity contribution in [1.82, 2.24) is 9.88 Å². The first-order chi connectivity index (χ1) is 11.3. The van der Waals surface area contributed by atoms with Crippen LogP contribution in [0.1, 0.15) is 22.8 Å². The molecule has 3 nitrogen and oxygen atoms in total. The van der Waals surface area contributed by atoms with Gasteiger partial charge in [0.2, 0.25) is 0 Å². The van der Waals surface area contributed by atoms with Crippen molar-refractivity contribution in [1.29, 1.82) is 0 Å². The van der Waals surface area contributed by atoms with E-state index < -0.39 is 0 Å². The molecule has 0 aliphatic rings. The Kier molecular flexibility index (Phi) is 4.67. The van der Waals surface area contributed by atoms with Crippen molar-refractivity contribution in [2.24, 2.45) is 0 Å². The third-order valence-electron chi connectivity index (χ3n) is 4.05. The predicted octanol–water partition coefficient (Wildman–Crippen LogP) is 3.94. The molecule has 2 aromatic carbocycles. The molecule has 116 valence electrons. The molecule has 0 saturated carbocycles. The molecule has 0 radical (unpaired) electrons. The molecule has 0 aliphatic carbocycles. The van der Waals surface area contributed by atoms with Gasteiger partial charge < -0.3 is 4.90 Å². The van der Waals surface area contributed by atoms with Gasteiger partial charge in [-0.05, 0) is 31.0 Å². The lowest BCUT2D eigenvalue weighted by molar-refractivity contribution is 0.0768. The van der Waals surface area contributed by atoms with E-state index in [1.54, 1.807) is 6.20 Å². The summed E-state index contributed by atoms with van der Waals surface area (Å²) in [4.78, 5) is 19.2. The van der Waals surface area contributed by atoms with Crippen LogP contribution < -0.4 is 0 Å². The van der Waals surface area contributed by atoms with Gasteiger partial charge in [0.25, 0.3) is 5.91 Å². The molecular formula is C20H20N2O. The van der Waals surface area contributed by atoms with E-state index in [4.69, 9.17) is 0 Å². The Morgan fingerprint density at radius 3 is 2.57 bits per heavy atom. The predicted molar refractivity (Wildman–Crippen MR) is 93.5 cm³/mol. The number of nitrogens with zero attached hydrogens (tertiary/aromatic N) is 2. The smallest absolute Gasteiger partial charge is 0.256 e. The molecule has 3 rings (SSSR count). The summed E-state index contributed by atoms with van der Waals surface area (Å²) < 4.78 is 0. The largest absolute Gasteiger partial charge is 0.339 e. The van der Waals surface area contributed by atoms with Crippen LogP contribution in [0.3, 0.4) is 0 Å². The van der Waals surface area contributed by atoms with E-state index in [1.807, 2.05) is 60.4 Å². The van der Waals surface area contributed by atoms with Crippen LogP contribution >= 0.6 is 0 Å². The van der Waals surface area contributed by atoms with Crippen molar-refractivity contribution in [2.75, 3.05) is 13.1 Å². The Morgan fingerprint density at radius 2 is 1.78 bits per heavy atom. The summed E-state index contributed by atoms with van der Waals surface area (Å²) in [5, 5.41) is 0.998. The molecule has 0 atom stereocenters.